The number of thiophene rings is 2. The zero-order valence-electron chi connectivity index (χ0n) is 14.6. The number of hydrogen-bond acceptors (Lipinski definition) is 6. The number of aromatic amines is 1. The molecule has 0 bridgehead atoms. The summed E-state index contributed by atoms with van der Waals surface area (Å²) in [5.74, 6) is -0.109. The minimum Gasteiger partial charge on any atom is -0.304 e. The number of aryl methyl sites for hydroxylation is 1. The fourth-order valence-corrected chi connectivity index (χ4v) is 6.64. The first-order valence-electron chi connectivity index (χ1n) is 8.46. The number of nitrogens with one attached hydrogen (secondary N) is 2. The van der Waals surface area contributed by atoms with Gasteiger partial charge in [-0.25, -0.2) is 8.42 Å². The van der Waals surface area contributed by atoms with Crippen molar-refractivity contribution in [2.75, 3.05) is 18.4 Å². The lowest BCUT2D eigenvalue weighted by Gasteiger charge is -2.15. The molecular formula is C17H18N4O3S3. The van der Waals surface area contributed by atoms with Crippen molar-refractivity contribution >= 4 is 44.4 Å². The van der Waals surface area contributed by atoms with E-state index in [4.69, 9.17) is 0 Å². The van der Waals surface area contributed by atoms with Gasteiger partial charge in [0.25, 0.3) is 5.91 Å². The van der Waals surface area contributed by atoms with E-state index < -0.39 is 15.9 Å². The van der Waals surface area contributed by atoms with Gasteiger partial charge in [-0.3, -0.25) is 9.89 Å². The van der Waals surface area contributed by atoms with Crippen molar-refractivity contribution < 1.29 is 13.2 Å². The monoisotopic (exact) mass is 422 g/mol. The van der Waals surface area contributed by atoms with Crippen LogP contribution in [0.1, 0.15) is 27.4 Å². The van der Waals surface area contributed by atoms with Crippen molar-refractivity contribution in [2.24, 2.45) is 0 Å². The maximum absolute atomic E-state index is 12.8. The molecular weight excluding hydrogens is 404 g/mol. The minimum absolute atomic E-state index is 0.0662. The fourth-order valence-electron chi connectivity index (χ4n) is 3.00. The summed E-state index contributed by atoms with van der Waals surface area (Å²) in [6.45, 7) is 3.02. The van der Waals surface area contributed by atoms with E-state index in [1.807, 2.05) is 19.1 Å². The Labute approximate surface area is 165 Å². The van der Waals surface area contributed by atoms with Crippen LogP contribution in [0, 0.1) is 6.92 Å². The van der Waals surface area contributed by atoms with Gasteiger partial charge in [0.05, 0.1) is 10.6 Å². The first-order chi connectivity index (χ1) is 12.9. The molecule has 10 heteroatoms. The molecule has 0 radical (unpaired) electrons. The predicted octanol–water partition coefficient (Wildman–Crippen LogP) is 3.54. The lowest BCUT2D eigenvalue weighted by molar-refractivity contribution is 0.102. The molecule has 1 aliphatic rings. The van der Waals surface area contributed by atoms with Crippen LogP contribution in [-0.2, 0) is 10.0 Å². The van der Waals surface area contributed by atoms with Crippen LogP contribution in [0.2, 0.25) is 0 Å². The number of carbonyl (C=O) groups excluding carboxylic acids is 1. The second-order valence-corrected chi connectivity index (χ2v) is 10.4. The molecule has 2 N–H and O–H groups in total. The summed E-state index contributed by atoms with van der Waals surface area (Å²) in [6.07, 6.45) is 1.70. The SMILES string of the molecule is Cc1ccc(-c2cc(NC(=O)c3sccc3S(=O)(=O)N3CCCC3)n[nH]2)s1. The lowest BCUT2D eigenvalue weighted by atomic mass is 10.3. The Hall–Kier alpha value is -2.01. The molecule has 3 aromatic heterocycles. The van der Waals surface area contributed by atoms with Crippen molar-refractivity contribution in [3.05, 3.63) is 39.4 Å². The Balaban J connectivity index is 1.55. The molecule has 1 aliphatic heterocycles. The quantitative estimate of drug-likeness (QED) is 0.657. The number of rotatable bonds is 5. The molecule has 4 rings (SSSR count). The molecule has 0 atom stereocenters. The number of amides is 1. The zero-order valence-corrected chi connectivity index (χ0v) is 17.0. The summed E-state index contributed by atoms with van der Waals surface area (Å²) in [6, 6.07) is 7.24. The number of aromatic nitrogens is 2. The van der Waals surface area contributed by atoms with Crippen LogP contribution in [0.5, 0.6) is 0 Å². The highest BCUT2D eigenvalue weighted by atomic mass is 32.2. The molecule has 0 saturated carbocycles. The molecule has 4 heterocycles. The Kier molecular flexibility index (Phi) is 4.89. The van der Waals surface area contributed by atoms with E-state index >= 15 is 0 Å². The Morgan fingerprint density at radius 3 is 2.74 bits per heavy atom. The van der Waals surface area contributed by atoms with E-state index in [-0.39, 0.29) is 9.77 Å². The number of H-pyrrole nitrogens is 1. The largest absolute Gasteiger partial charge is 0.304 e. The van der Waals surface area contributed by atoms with E-state index in [0.29, 0.717) is 18.9 Å². The lowest BCUT2D eigenvalue weighted by Crippen LogP contribution is -2.29. The third kappa shape index (κ3) is 3.57. The van der Waals surface area contributed by atoms with Gasteiger partial charge < -0.3 is 5.32 Å². The topological polar surface area (TPSA) is 95.2 Å². The fraction of sp³-hybridized carbons (Fsp3) is 0.294. The molecule has 0 spiro atoms. The summed E-state index contributed by atoms with van der Waals surface area (Å²) in [4.78, 5) is 15.1. The molecule has 142 valence electrons. The minimum atomic E-state index is -3.64. The molecule has 0 aliphatic carbocycles. The summed E-state index contributed by atoms with van der Waals surface area (Å²) in [5.41, 5.74) is 0.805. The molecule has 0 unspecified atom stereocenters. The highest BCUT2D eigenvalue weighted by molar-refractivity contribution is 7.89. The maximum Gasteiger partial charge on any atom is 0.268 e. The van der Waals surface area contributed by atoms with Gasteiger partial charge in [-0.05, 0) is 43.3 Å². The highest BCUT2D eigenvalue weighted by Crippen LogP contribution is 2.30. The zero-order chi connectivity index (χ0) is 19.0. The summed E-state index contributed by atoms with van der Waals surface area (Å²) >= 11 is 2.74. The van der Waals surface area contributed by atoms with Crippen molar-refractivity contribution in [1.82, 2.24) is 14.5 Å². The van der Waals surface area contributed by atoms with E-state index in [0.717, 1.165) is 34.7 Å². The molecule has 1 fully saturated rings. The second kappa shape index (κ2) is 7.19. The second-order valence-electron chi connectivity index (χ2n) is 6.26. The smallest absolute Gasteiger partial charge is 0.268 e. The summed E-state index contributed by atoms with van der Waals surface area (Å²) < 4.78 is 27.0. The molecule has 0 aromatic carbocycles. The van der Waals surface area contributed by atoms with Crippen molar-refractivity contribution in [3.8, 4) is 10.6 Å². The Morgan fingerprint density at radius 2 is 2.04 bits per heavy atom. The van der Waals surface area contributed by atoms with Crippen LogP contribution in [0.3, 0.4) is 0 Å². The number of hydrogen-bond donors (Lipinski definition) is 2. The maximum atomic E-state index is 12.8. The van der Waals surface area contributed by atoms with Gasteiger partial charge >= 0.3 is 0 Å². The van der Waals surface area contributed by atoms with Crippen LogP contribution < -0.4 is 5.32 Å². The first-order valence-corrected chi connectivity index (χ1v) is 11.6. The number of nitrogens with zero attached hydrogens (tertiary/aromatic N) is 2. The third-order valence-electron chi connectivity index (χ3n) is 4.34. The standard InChI is InChI=1S/C17H18N4O3S3/c1-11-4-5-13(26-11)12-10-15(20-19-12)18-17(22)16-14(6-9-25-16)27(23,24)21-7-2-3-8-21/h4-6,9-10H,2-3,7-8H2,1H3,(H2,18,19,20,22). The molecule has 3 aromatic rings. The van der Waals surface area contributed by atoms with Crippen molar-refractivity contribution in [1.29, 1.82) is 0 Å². The van der Waals surface area contributed by atoms with Crippen LogP contribution in [0.4, 0.5) is 5.82 Å². The Morgan fingerprint density at radius 1 is 1.26 bits per heavy atom. The first kappa shape index (κ1) is 18.4. The van der Waals surface area contributed by atoms with E-state index in [1.54, 1.807) is 22.8 Å². The number of carbonyl (C=O) groups is 1. The van der Waals surface area contributed by atoms with Crippen LogP contribution in [0.15, 0.2) is 34.5 Å². The number of sulfonamides is 1. The normalized spacial score (nSPS) is 15.3. The third-order valence-corrected chi connectivity index (χ3v) is 8.36. The summed E-state index contributed by atoms with van der Waals surface area (Å²) in [7, 11) is -3.64. The van der Waals surface area contributed by atoms with Crippen LogP contribution >= 0.6 is 22.7 Å². The highest BCUT2D eigenvalue weighted by Gasteiger charge is 2.32. The van der Waals surface area contributed by atoms with Crippen molar-refractivity contribution in [2.45, 2.75) is 24.7 Å². The van der Waals surface area contributed by atoms with Gasteiger partial charge in [0.2, 0.25) is 10.0 Å². The Bertz CT molecular complexity index is 1070. The van der Waals surface area contributed by atoms with Gasteiger partial charge in [0.15, 0.2) is 5.82 Å². The number of anilines is 1. The van der Waals surface area contributed by atoms with Gasteiger partial charge in [-0.2, -0.15) is 9.40 Å². The molecule has 7 nitrogen and oxygen atoms in total. The molecule has 1 saturated heterocycles. The average molecular weight is 423 g/mol. The van der Waals surface area contributed by atoms with Crippen LogP contribution in [0.25, 0.3) is 10.6 Å². The van der Waals surface area contributed by atoms with Gasteiger partial charge in [0, 0.05) is 24.0 Å². The van der Waals surface area contributed by atoms with Crippen LogP contribution in [-0.4, -0.2) is 41.9 Å². The molecule has 1 amide bonds. The molecule has 27 heavy (non-hydrogen) atoms. The van der Waals surface area contributed by atoms with Gasteiger partial charge in [-0.15, -0.1) is 22.7 Å². The van der Waals surface area contributed by atoms with Crippen molar-refractivity contribution in [3.63, 3.8) is 0 Å². The van der Waals surface area contributed by atoms with E-state index in [2.05, 4.69) is 15.5 Å². The van der Waals surface area contributed by atoms with E-state index in [9.17, 15) is 13.2 Å². The summed E-state index contributed by atoms with van der Waals surface area (Å²) in [5, 5.41) is 11.3. The predicted molar refractivity (Wildman–Crippen MR) is 107 cm³/mol. The van der Waals surface area contributed by atoms with E-state index in [1.165, 1.54) is 15.2 Å². The van der Waals surface area contributed by atoms with Gasteiger partial charge in [-0.1, -0.05) is 0 Å². The van der Waals surface area contributed by atoms with Gasteiger partial charge in [0.1, 0.15) is 9.77 Å². The average Bonchev–Trinajstić information content (AvgIpc) is 3.41.